The molecule has 0 aliphatic carbocycles. The lowest BCUT2D eigenvalue weighted by molar-refractivity contribution is -0.122. The summed E-state index contributed by atoms with van der Waals surface area (Å²) in [6.45, 7) is 1.25. The molecule has 8 heteroatoms. The molecule has 0 saturated carbocycles. The van der Waals surface area contributed by atoms with Crippen LogP contribution >= 0.6 is 0 Å². The first kappa shape index (κ1) is 20.6. The Hall–Kier alpha value is -2.73. The lowest BCUT2D eigenvalue weighted by Gasteiger charge is -2.16. The lowest BCUT2D eigenvalue weighted by atomic mass is 10.1. The molecule has 0 radical (unpaired) electrons. The Morgan fingerprint density at radius 3 is 2.52 bits per heavy atom. The normalized spacial score (nSPS) is 11.2. The van der Waals surface area contributed by atoms with E-state index in [1.165, 1.54) is 12.1 Å². The summed E-state index contributed by atoms with van der Waals surface area (Å²) in [7, 11) is -1.85. The van der Waals surface area contributed by atoms with Crippen molar-refractivity contribution < 1.29 is 13.2 Å². The average molecular weight is 386 g/mol. The van der Waals surface area contributed by atoms with Crippen LogP contribution in [0.25, 0.3) is 0 Å². The van der Waals surface area contributed by atoms with E-state index in [1.807, 2.05) is 24.1 Å². The minimum absolute atomic E-state index is 0.0670. The second kappa shape index (κ2) is 9.28. The zero-order valence-electron chi connectivity index (χ0n) is 15.1. The SMILES string of the molecule is CN(CC(=O)NCCc1ccc(S(N)(=O)=O)cc1)Cc1cccc(C#N)c1. The van der Waals surface area contributed by atoms with Gasteiger partial charge in [-0.1, -0.05) is 24.3 Å². The predicted octanol–water partition coefficient (Wildman–Crippen LogP) is 0.996. The molecule has 0 atom stereocenters. The molecule has 3 N–H and O–H groups in total. The van der Waals surface area contributed by atoms with E-state index >= 15 is 0 Å². The van der Waals surface area contributed by atoms with Gasteiger partial charge in [0, 0.05) is 13.1 Å². The van der Waals surface area contributed by atoms with Gasteiger partial charge in [0.05, 0.1) is 23.1 Å². The van der Waals surface area contributed by atoms with E-state index in [-0.39, 0.29) is 17.3 Å². The number of carbonyl (C=O) groups is 1. The number of nitriles is 1. The van der Waals surface area contributed by atoms with Crippen LogP contribution in [0.2, 0.25) is 0 Å². The van der Waals surface area contributed by atoms with Crippen LogP contribution in [-0.2, 0) is 27.8 Å². The summed E-state index contributed by atoms with van der Waals surface area (Å²) in [6.07, 6.45) is 0.588. The molecule has 0 saturated heterocycles. The highest BCUT2D eigenvalue weighted by molar-refractivity contribution is 7.89. The lowest BCUT2D eigenvalue weighted by Crippen LogP contribution is -2.35. The Bertz CT molecular complexity index is 934. The highest BCUT2D eigenvalue weighted by Crippen LogP contribution is 2.09. The van der Waals surface area contributed by atoms with E-state index in [2.05, 4.69) is 11.4 Å². The van der Waals surface area contributed by atoms with Crippen LogP contribution in [0.5, 0.6) is 0 Å². The van der Waals surface area contributed by atoms with E-state index in [0.29, 0.717) is 25.1 Å². The van der Waals surface area contributed by atoms with Crippen molar-refractivity contribution in [2.45, 2.75) is 17.9 Å². The smallest absolute Gasteiger partial charge is 0.238 e. The van der Waals surface area contributed by atoms with Gasteiger partial charge in [0.2, 0.25) is 15.9 Å². The summed E-state index contributed by atoms with van der Waals surface area (Å²) < 4.78 is 22.4. The molecule has 27 heavy (non-hydrogen) atoms. The Kier molecular flexibility index (Phi) is 7.07. The maximum atomic E-state index is 12.0. The highest BCUT2D eigenvalue weighted by atomic mass is 32.2. The Labute approximate surface area is 159 Å². The van der Waals surface area contributed by atoms with Crippen LogP contribution in [-0.4, -0.2) is 39.4 Å². The molecular formula is C19H22N4O3S. The quantitative estimate of drug-likeness (QED) is 0.702. The van der Waals surface area contributed by atoms with Crippen molar-refractivity contribution in [3.63, 3.8) is 0 Å². The minimum Gasteiger partial charge on any atom is -0.355 e. The van der Waals surface area contributed by atoms with Crippen LogP contribution in [0.1, 0.15) is 16.7 Å². The van der Waals surface area contributed by atoms with Crippen LogP contribution in [0.4, 0.5) is 0 Å². The van der Waals surface area contributed by atoms with Crippen LogP contribution in [0.15, 0.2) is 53.4 Å². The van der Waals surface area contributed by atoms with Gasteiger partial charge in [0.25, 0.3) is 0 Å². The predicted molar refractivity (Wildman–Crippen MR) is 102 cm³/mol. The van der Waals surface area contributed by atoms with Crippen molar-refractivity contribution in [2.75, 3.05) is 20.1 Å². The minimum atomic E-state index is -3.69. The maximum Gasteiger partial charge on any atom is 0.238 e. The summed E-state index contributed by atoms with van der Waals surface area (Å²) >= 11 is 0. The Morgan fingerprint density at radius 1 is 1.19 bits per heavy atom. The first-order valence-corrected chi connectivity index (χ1v) is 9.88. The van der Waals surface area contributed by atoms with Crippen LogP contribution < -0.4 is 10.5 Å². The molecule has 0 aliphatic rings. The van der Waals surface area contributed by atoms with Crippen molar-refractivity contribution in [2.24, 2.45) is 5.14 Å². The van der Waals surface area contributed by atoms with E-state index in [0.717, 1.165) is 11.1 Å². The van der Waals surface area contributed by atoms with Gasteiger partial charge in [-0.25, -0.2) is 13.6 Å². The average Bonchev–Trinajstić information content (AvgIpc) is 2.61. The van der Waals surface area contributed by atoms with Gasteiger partial charge in [-0.05, 0) is 48.9 Å². The van der Waals surface area contributed by atoms with Crippen molar-refractivity contribution >= 4 is 15.9 Å². The van der Waals surface area contributed by atoms with Crippen molar-refractivity contribution in [3.05, 3.63) is 65.2 Å². The second-order valence-electron chi connectivity index (χ2n) is 6.27. The third-order valence-corrected chi connectivity index (χ3v) is 4.84. The molecule has 1 amide bonds. The van der Waals surface area contributed by atoms with E-state index in [4.69, 9.17) is 10.4 Å². The number of amides is 1. The zero-order valence-corrected chi connectivity index (χ0v) is 15.9. The van der Waals surface area contributed by atoms with Crippen molar-refractivity contribution in [1.82, 2.24) is 10.2 Å². The summed E-state index contributed by atoms with van der Waals surface area (Å²) in [5, 5.41) is 16.8. The van der Waals surface area contributed by atoms with E-state index < -0.39 is 10.0 Å². The molecule has 0 bridgehead atoms. The molecular weight excluding hydrogens is 364 g/mol. The van der Waals surface area contributed by atoms with Gasteiger partial charge in [0.15, 0.2) is 0 Å². The van der Waals surface area contributed by atoms with Gasteiger partial charge in [-0.15, -0.1) is 0 Å². The van der Waals surface area contributed by atoms with Gasteiger partial charge >= 0.3 is 0 Å². The number of nitrogens with zero attached hydrogens (tertiary/aromatic N) is 2. The van der Waals surface area contributed by atoms with E-state index in [9.17, 15) is 13.2 Å². The van der Waals surface area contributed by atoms with Crippen molar-refractivity contribution in [3.8, 4) is 6.07 Å². The first-order valence-electron chi connectivity index (χ1n) is 8.34. The molecule has 2 rings (SSSR count). The van der Waals surface area contributed by atoms with Crippen LogP contribution in [0.3, 0.4) is 0 Å². The zero-order chi connectivity index (χ0) is 19.9. The number of benzene rings is 2. The fourth-order valence-electron chi connectivity index (χ4n) is 2.60. The number of primary sulfonamides is 1. The van der Waals surface area contributed by atoms with Gasteiger partial charge < -0.3 is 5.32 Å². The summed E-state index contributed by atoms with van der Waals surface area (Å²) in [6, 6.07) is 15.7. The highest BCUT2D eigenvalue weighted by Gasteiger charge is 2.09. The molecule has 0 heterocycles. The third kappa shape index (κ3) is 6.83. The summed E-state index contributed by atoms with van der Waals surface area (Å²) in [4.78, 5) is 14.0. The molecule has 0 fully saturated rings. The number of rotatable bonds is 8. The number of carbonyl (C=O) groups excluding carboxylic acids is 1. The number of likely N-dealkylation sites (N-methyl/N-ethyl adjacent to an activating group) is 1. The molecule has 0 aromatic heterocycles. The monoisotopic (exact) mass is 386 g/mol. The van der Waals surface area contributed by atoms with E-state index in [1.54, 1.807) is 24.3 Å². The molecule has 142 valence electrons. The van der Waals surface area contributed by atoms with Gasteiger partial charge in [-0.3, -0.25) is 9.69 Å². The number of sulfonamides is 1. The summed E-state index contributed by atoms with van der Waals surface area (Å²) in [5.74, 6) is -0.102. The standard InChI is InChI=1S/C19H22N4O3S/c1-23(13-17-4-2-3-16(11-17)12-20)14-19(24)22-10-9-15-5-7-18(8-6-15)27(21,25)26/h2-8,11H,9-10,13-14H2,1H3,(H,22,24)(H2,21,25,26). The number of hydrogen-bond donors (Lipinski definition) is 2. The first-order chi connectivity index (χ1) is 12.8. The Morgan fingerprint density at radius 2 is 1.89 bits per heavy atom. The fraction of sp³-hybridized carbons (Fsp3) is 0.263. The topological polar surface area (TPSA) is 116 Å². The Balaban J connectivity index is 1.76. The second-order valence-corrected chi connectivity index (χ2v) is 7.83. The molecule has 2 aromatic carbocycles. The molecule has 0 spiro atoms. The number of nitrogens with one attached hydrogen (secondary N) is 1. The van der Waals surface area contributed by atoms with Crippen molar-refractivity contribution in [1.29, 1.82) is 5.26 Å². The maximum absolute atomic E-state index is 12.0. The molecule has 7 nitrogen and oxygen atoms in total. The molecule has 2 aromatic rings. The van der Waals surface area contributed by atoms with Gasteiger partial charge in [-0.2, -0.15) is 5.26 Å². The largest absolute Gasteiger partial charge is 0.355 e. The van der Waals surface area contributed by atoms with Gasteiger partial charge in [0.1, 0.15) is 0 Å². The fourth-order valence-corrected chi connectivity index (χ4v) is 3.12. The summed E-state index contributed by atoms with van der Waals surface area (Å²) in [5.41, 5.74) is 2.47. The number of hydrogen-bond acceptors (Lipinski definition) is 5. The third-order valence-electron chi connectivity index (χ3n) is 3.91. The van der Waals surface area contributed by atoms with Crippen LogP contribution in [0, 0.1) is 11.3 Å². The number of nitrogens with two attached hydrogens (primary N) is 1. The molecule has 0 aliphatic heterocycles. The molecule has 0 unspecified atom stereocenters.